The maximum Gasteiger partial charge on any atom is 0.167 e. The number of benzene rings is 1. The molecule has 0 aliphatic carbocycles. The molecule has 38 heavy (non-hydrogen) atoms. The van der Waals surface area contributed by atoms with E-state index < -0.39 is 5.41 Å². The largest absolute Gasteiger partial charge is 0.354 e. The van der Waals surface area contributed by atoms with Crippen LogP contribution in [0.1, 0.15) is 50.4 Å². The van der Waals surface area contributed by atoms with Crippen molar-refractivity contribution >= 4 is 17.7 Å². The number of piperidine rings is 2. The molecule has 0 spiro atoms. The van der Waals surface area contributed by atoms with Crippen molar-refractivity contribution in [2.24, 2.45) is 5.41 Å². The van der Waals surface area contributed by atoms with Gasteiger partial charge in [0.1, 0.15) is 11.6 Å². The third kappa shape index (κ3) is 6.16. The normalized spacial score (nSPS) is 24.7. The van der Waals surface area contributed by atoms with E-state index in [1.807, 2.05) is 44.2 Å². The number of Topliss-reactive ketones (excluding diaryl/α,β-unsaturated/α-hetero) is 1. The number of hydrogen-bond acceptors (Lipinski definition) is 6. The van der Waals surface area contributed by atoms with Crippen LogP contribution in [-0.4, -0.2) is 91.4 Å². The summed E-state index contributed by atoms with van der Waals surface area (Å²) in [5.41, 5.74) is 1.98. The second-order valence-corrected chi connectivity index (χ2v) is 11.9. The minimum absolute atomic E-state index is 0.146. The molecule has 4 heterocycles. The average Bonchev–Trinajstić information content (AvgIpc) is 2.92. The number of piperazine rings is 1. The van der Waals surface area contributed by atoms with Gasteiger partial charge in [-0.3, -0.25) is 9.69 Å². The van der Waals surface area contributed by atoms with E-state index in [0.29, 0.717) is 6.54 Å². The second-order valence-electron chi connectivity index (χ2n) is 11.9. The predicted octanol–water partition coefficient (Wildman–Crippen LogP) is 4.49. The van der Waals surface area contributed by atoms with E-state index >= 15 is 0 Å². The summed E-state index contributed by atoms with van der Waals surface area (Å²) in [5, 5.41) is 0. The molecule has 0 radical (unpaired) electrons. The highest BCUT2D eigenvalue weighted by molar-refractivity contribution is 6.05. The van der Waals surface area contributed by atoms with Crippen LogP contribution < -0.4 is 4.90 Å². The molecular formula is C31H42FN5O. The molecule has 1 atom stereocenters. The van der Waals surface area contributed by atoms with Crippen LogP contribution >= 0.6 is 0 Å². The van der Waals surface area contributed by atoms with Gasteiger partial charge in [-0.25, -0.2) is 9.37 Å². The van der Waals surface area contributed by atoms with Crippen LogP contribution in [0, 0.1) is 11.2 Å². The molecule has 0 amide bonds. The fraction of sp³-hybridized carbons (Fsp3) is 0.548. The zero-order chi connectivity index (χ0) is 26.7. The van der Waals surface area contributed by atoms with Crippen LogP contribution in [0.5, 0.6) is 0 Å². The van der Waals surface area contributed by atoms with Gasteiger partial charge in [0.05, 0.1) is 11.7 Å². The first-order chi connectivity index (χ1) is 18.3. The van der Waals surface area contributed by atoms with Crippen LogP contribution in [0.3, 0.4) is 0 Å². The quantitative estimate of drug-likeness (QED) is 0.524. The van der Waals surface area contributed by atoms with E-state index in [2.05, 4.69) is 32.7 Å². The van der Waals surface area contributed by atoms with E-state index in [9.17, 15) is 9.18 Å². The number of aromatic nitrogens is 1. The van der Waals surface area contributed by atoms with Gasteiger partial charge in [-0.1, -0.05) is 38.5 Å². The van der Waals surface area contributed by atoms with Gasteiger partial charge in [-0.05, 0) is 68.9 Å². The molecule has 204 valence electrons. The first-order valence-corrected chi connectivity index (χ1v) is 14.2. The van der Waals surface area contributed by atoms with Gasteiger partial charge in [-0.2, -0.15) is 0 Å². The Hall–Kier alpha value is -2.61. The molecule has 0 saturated carbocycles. The minimum atomic E-state index is -0.515. The summed E-state index contributed by atoms with van der Waals surface area (Å²) in [6, 6.07) is 12.5. The number of likely N-dealkylation sites (N-methyl/N-ethyl adjacent to an activating group) is 1. The Bertz CT molecular complexity index is 1130. The minimum Gasteiger partial charge on any atom is -0.354 e. The second kappa shape index (κ2) is 11.6. The standard InChI is InChI=1S/C31H42FN5O/c1-31(2)23-37(21-18-35-14-5-4-6-15-35)29(24-10-12-25(32)13-11-24)27(30(31)38)22-26-8-7-9-28(33-26)36-19-16-34(3)17-20-36/h7-13,22,29H,4-6,14-21,23H2,1-3H3. The van der Waals surface area contributed by atoms with Crippen LogP contribution in [0.4, 0.5) is 10.2 Å². The molecule has 0 N–H and O–H groups in total. The van der Waals surface area contributed by atoms with Crippen LogP contribution in [0.15, 0.2) is 48.0 Å². The molecule has 3 saturated heterocycles. The number of likely N-dealkylation sites (tertiary alicyclic amines) is 2. The van der Waals surface area contributed by atoms with Gasteiger partial charge < -0.3 is 14.7 Å². The van der Waals surface area contributed by atoms with E-state index in [1.165, 1.54) is 31.4 Å². The highest BCUT2D eigenvalue weighted by Gasteiger charge is 2.44. The van der Waals surface area contributed by atoms with Gasteiger partial charge >= 0.3 is 0 Å². The van der Waals surface area contributed by atoms with Crippen molar-refractivity contribution in [3.05, 3.63) is 65.1 Å². The van der Waals surface area contributed by atoms with E-state index in [-0.39, 0.29) is 17.6 Å². The molecule has 5 rings (SSSR count). The maximum atomic E-state index is 14.0. The van der Waals surface area contributed by atoms with Crippen molar-refractivity contribution in [1.82, 2.24) is 19.7 Å². The third-order valence-corrected chi connectivity index (χ3v) is 8.36. The summed E-state index contributed by atoms with van der Waals surface area (Å²) in [7, 11) is 2.15. The molecule has 6 nitrogen and oxygen atoms in total. The molecule has 7 heteroatoms. The third-order valence-electron chi connectivity index (χ3n) is 8.36. The van der Waals surface area contributed by atoms with Gasteiger partial charge in [0.2, 0.25) is 0 Å². The Morgan fingerprint density at radius 2 is 1.66 bits per heavy atom. The van der Waals surface area contributed by atoms with Crippen molar-refractivity contribution in [3.8, 4) is 0 Å². The number of hydrogen-bond donors (Lipinski definition) is 0. The van der Waals surface area contributed by atoms with Gasteiger partial charge in [0.15, 0.2) is 5.78 Å². The Balaban J connectivity index is 1.49. The highest BCUT2D eigenvalue weighted by Crippen LogP contribution is 2.41. The lowest BCUT2D eigenvalue weighted by atomic mass is 9.74. The zero-order valence-electron chi connectivity index (χ0n) is 23.2. The Labute approximate surface area is 227 Å². The van der Waals surface area contributed by atoms with Crippen molar-refractivity contribution < 1.29 is 9.18 Å². The predicted molar refractivity (Wildman–Crippen MR) is 152 cm³/mol. The molecule has 3 fully saturated rings. The molecule has 3 aliphatic rings. The topological polar surface area (TPSA) is 42.9 Å². The summed E-state index contributed by atoms with van der Waals surface area (Å²) < 4.78 is 13.9. The summed E-state index contributed by atoms with van der Waals surface area (Å²) >= 11 is 0. The number of rotatable bonds is 6. The van der Waals surface area contributed by atoms with E-state index in [1.54, 1.807) is 0 Å². The maximum absolute atomic E-state index is 14.0. The Morgan fingerprint density at radius 3 is 2.37 bits per heavy atom. The van der Waals surface area contributed by atoms with E-state index in [4.69, 9.17) is 4.98 Å². The number of ketones is 1. The molecular weight excluding hydrogens is 477 g/mol. The number of halogens is 1. The number of carbonyl (C=O) groups excluding carboxylic acids is 1. The van der Waals surface area contributed by atoms with Gasteiger partial charge in [0, 0.05) is 56.8 Å². The lowest BCUT2D eigenvalue weighted by molar-refractivity contribution is -0.128. The Morgan fingerprint density at radius 1 is 0.947 bits per heavy atom. The van der Waals surface area contributed by atoms with Crippen molar-refractivity contribution in [3.63, 3.8) is 0 Å². The number of carbonyl (C=O) groups is 1. The number of pyridine rings is 1. The SMILES string of the molecule is CN1CCN(c2cccc(C=C3C(=O)C(C)(C)CN(CCN4CCCCC4)C3c3ccc(F)cc3)n2)CC1. The summed E-state index contributed by atoms with van der Waals surface area (Å²) in [4.78, 5) is 28.5. The van der Waals surface area contributed by atoms with Gasteiger partial charge in [0.25, 0.3) is 0 Å². The first kappa shape index (κ1) is 27.0. The van der Waals surface area contributed by atoms with Crippen LogP contribution in [0.25, 0.3) is 6.08 Å². The van der Waals surface area contributed by atoms with Crippen LogP contribution in [0.2, 0.25) is 0 Å². The highest BCUT2D eigenvalue weighted by atomic mass is 19.1. The number of nitrogens with zero attached hydrogens (tertiary/aromatic N) is 5. The Kier molecular flexibility index (Phi) is 8.26. The average molecular weight is 520 g/mol. The van der Waals surface area contributed by atoms with Crippen molar-refractivity contribution in [2.45, 2.75) is 39.2 Å². The first-order valence-electron chi connectivity index (χ1n) is 14.2. The summed E-state index contributed by atoms with van der Waals surface area (Å²) in [6.45, 7) is 12.8. The van der Waals surface area contributed by atoms with Crippen LogP contribution in [-0.2, 0) is 4.79 Å². The number of anilines is 1. The molecule has 1 unspecified atom stereocenters. The van der Waals surface area contributed by atoms with Gasteiger partial charge in [-0.15, -0.1) is 0 Å². The van der Waals surface area contributed by atoms with E-state index in [0.717, 1.165) is 75.0 Å². The molecule has 1 aromatic heterocycles. The molecule has 3 aliphatic heterocycles. The molecule has 2 aromatic rings. The molecule has 1 aromatic carbocycles. The van der Waals surface area contributed by atoms with Crippen molar-refractivity contribution in [1.29, 1.82) is 0 Å². The smallest absolute Gasteiger partial charge is 0.167 e. The fourth-order valence-electron chi connectivity index (χ4n) is 6.11. The zero-order valence-corrected chi connectivity index (χ0v) is 23.2. The monoisotopic (exact) mass is 519 g/mol. The summed E-state index contributed by atoms with van der Waals surface area (Å²) in [5.74, 6) is 0.839. The summed E-state index contributed by atoms with van der Waals surface area (Å²) in [6.07, 6.45) is 5.81. The lowest BCUT2D eigenvalue weighted by Gasteiger charge is -2.45. The molecule has 0 bridgehead atoms. The van der Waals surface area contributed by atoms with Crippen molar-refractivity contribution in [2.75, 3.05) is 70.9 Å². The lowest BCUT2D eigenvalue weighted by Crippen LogP contribution is -2.51. The fourth-order valence-corrected chi connectivity index (χ4v) is 6.11.